The molecule has 3 aromatic rings. The summed E-state index contributed by atoms with van der Waals surface area (Å²) in [6.07, 6.45) is 1.16. The van der Waals surface area contributed by atoms with Gasteiger partial charge in [-0.3, -0.25) is 4.79 Å². The Labute approximate surface area is 152 Å². The van der Waals surface area contributed by atoms with E-state index in [-0.39, 0.29) is 5.91 Å². The van der Waals surface area contributed by atoms with Crippen molar-refractivity contribution in [2.45, 2.75) is 18.9 Å². The summed E-state index contributed by atoms with van der Waals surface area (Å²) in [6, 6.07) is 22.4. The fourth-order valence-corrected chi connectivity index (χ4v) is 3.01. The predicted octanol–water partition coefficient (Wildman–Crippen LogP) is 3.74. The van der Waals surface area contributed by atoms with Crippen molar-refractivity contribution < 1.29 is 14.3 Å². The summed E-state index contributed by atoms with van der Waals surface area (Å²) in [5, 5.41) is 4.68. The molecule has 0 heterocycles. The van der Waals surface area contributed by atoms with E-state index in [1.54, 1.807) is 6.07 Å². The topological polar surface area (TPSA) is 55.4 Å². The highest BCUT2D eigenvalue weighted by atomic mass is 16.5. The molecule has 0 saturated carbocycles. The smallest absolute Gasteiger partial charge is 0.328 e. The van der Waals surface area contributed by atoms with Gasteiger partial charge >= 0.3 is 5.97 Å². The lowest BCUT2D eigenvalue weighted by molar-refractivity contribution is -0.143. The molecule has 1 N–H and O–H groups in total. The van der Waals surface area contributed by atoms with Crippen LogP contribution in [-0.4, -0.2) is 25.0 Å². The number of hydrogen-bond acceptors (Lipinski definition) is 3. The van der Waals surface area contributed by atoms with Crippen LogP contribution >= 0.6 is 0 Å². The number of ether oxygens (including phenoxy) is 1. The molecule has 132 valence electrons. The number of fused-ring (bicyclic) bond motifs is 1. The van der Waals surface area contributed by atoms with Gasteiger partial charge in [0.25, 0.3) is 5.91 Å². The molecule has 4 nitrogen and oxygen atoms in total. The van der Waals surface area contributed by atoms with E-state index in [0.717, 1.165) is 16.3 Å². The zero-order valence-electron chi connectivity index (χ0n) is 14.6. The second-order valence-electron chi connectivity index (χ2n) is 6.10. The molecular formula is C22H21NO3. The highest BCUT2D eigenvalue weighted by Gasteiger charge is 2.22. The molecule has 1 atom stereocenters. The first-order valence-electron chi connectivity index (χ1n) is 8.59. The molecule has 0 bridgehead atoms. The van der Waals surface area contributed by atoms with E-state index in [1.165, 1.54) is 7.11 Å². The van der Waals surface area contributed by atoms with Gasteiger partial charge in [-0.1, -0.05) is 66.7 Å². The summed E-state index contributed by atoms with van der Waals surface area (Å²) in [6.45, 7) is 0. The highest BCUT2D eigenvalue weighted by Crippen LogP contribution is 2.19. The number of benzene rings is 3. The quantitative estimate of drug-likeness (QED) is 0.691. The molecule has 0 unspecified atom stereocenters. The van der Waals surface area contributed by atoms with E-state index in [9.17, 15) is 9.59 Å². The Morgan fingerprint density at radius 3 is 2.38 bits per heavy atom. The number of nitrogens with one attached hydrogen (secondary N) is 1. The van der Waals surface area contributed by atoms with Gasteiger partial charge in [0.2, 0.25) is 0 Å². The molecule has 0 aliphatic carbocycles. The van der Waals surface area contributed by atoms with Crippen molar-refractivity contribution in [3.63, 3.8) is 0 Å². The minimum absolute atomic E-state index is 0.273. The maximum Gasteiger partial charge on any atom is 0.328 e. The molecule has 26 heavy (non-hydrogen) atoms. The maximum absolute atomic E-state index is 12.8. The zero-order valence-corrected chi connectivity index (χ0v) is 14.6. The SMILES string of the molecule is COC(=O)[C@@H](CCc1ccccc1)NC(=O)c1cccc2ccccc12. The molecule has 0 fully saturated rings. The lowest BCUT2D eigenvalue weighted by atomic mass is 10.0. The van der Waals surface area contributed by atoms with Crippen molar-refractivity contribution in [3.8, 4) is 0 Å². The van der Waals surface area contributed by atoms with E-state index < -0.39 is 12.0 Å². The number of hydrogen-bond donors (Lipinski definition) is 1. The Balaban J connectivity index is 1.77. The Bertz CT molecular complexity index is 900. The van der Waals surface area contributed by atoms with Crippen molar-refractivity contribution in [2.24, 2.45) is 0 Å². The van der Waals surface area contributed by atoms with Crippen molar-refractivity contribution in [1.82, 2.24) is 5.32 Å². The Kier molecular flexibility index (Phi) is 5.64. The third kappa shape index (κ3) is 4.09. The number of carbonyl (C=O) groups is 2. The number of methoxy groups -OCH3 is 1. The first-order chi connectivity index (χ1) is 12.7. The first kappa shape index (κ1) is 17.7. The molecule has 0 spiro atoms. The second-order valence-corrected chi connectivity index (χ2v) is 6.10. The summed E-state index contributed by atoms with van der Waals surface area (Å²) in [5.74, 6) is -0.709. The van der Waals surface area contributed by atoms with E-state index >= 15 is 0 Å². The molecule has 0 radical (unpaired) electrons. The van der Waals surface area contributed by atoms with Crippen LogP contribution in [0.15, 0.2) is 72.8 Å². The molecule has 0 aromatic heterocycles. The molecule has 0 aliphatic rings. The van der Waals surface area contributed by atoms with E-state index in [1.807, 2.05) is 66.7 Å². The zero-order chi connectivity index (χ0) is 18.4. The van der Waals surface area contributed by atoms with Crippen LogP contribution in [0.5, 0.6) is 0 Å². The van der Waals surface area contributed by atoms with Gasteiger partial charge in [-0.2, -0.15) is 0 Å². The van der Waals surface area contributed by atoms with Crippen molar-refractivity contribution in [2.75, 3.05) is 7.11 Å². The van der Waals surface area contributed by atoms with Crippen LogP contribution in [-0.2, 0) is 16.0 Å². The average Bonchev–Trinajstić information content (AvgIpc) is 2.70. The monoisotopic (exact) mass is 347 g/mol. The Morgan fingerprint density at radius 2 is 1.62 bits per heavy atom. The first-order valence-corrected chi connectivity index (χ1v) is 8.59. The summed E-state index contributed by atoms with van der Waals surface area (Å²) in [5.41, 5.74) is 1.66. The van der Waals surface area contributed by atoms with Crippen molar-refractivity contribution in [1.29, 1.82) is 0 Å². The molecule has 1 amide bonds. The van der Waals surface area contributed by atoms with Crippen LogP contribution in [0, 0.1) is 0 Å². The largest absolute Gasteiger partial charge is 0.467 e. The average molecular weight is 347 g/mol. The number of aryl methyl sites for hydroxylation is 1. The van der Waals surface area contributed by atoms with E-state index in [2.05, 4.69) is 5.32 Å². The van der Waals surface area contributed by atoms with Crippen LogP contribution in [0.4, 0.5) is 0 Å². The summed E-state index contributed by atoms with van der Waals surface area (Å²) >= 11 is 0. The lowest BCUT2D eigenvalue weighted by Gasteiger charge is -2.17. The highest BCUT2D eigenvalue weighted by molar-refractivity contribution is 6.07. The van der Waals surface area contributed by atoms with Crippen molar-refractivity contribution >= 4 is 22.6 Å². The van der Waals surface area contributed by atoms with E-state index in [4.69, 9.17) is 4.74 Å². The Hall–Kier alpha value is -3.14. The van der Waals surface area contributed by atoms with E-state index in [0.29, 0.717) is 18.4 Å². The van der Waals surface area contributed by atoms with Gasteiger partial charge < -0.3 is 10.1 Å². The lowest BCUT2D eigenvalue weighted by Crippen LogP contribution is -2.41. The van der Waals surface area contributed by atoms with Gasteiger partial charge in [-0.05, 0) is 35.2 Å². The molecular weight excluding hydrogens is 326 g/mol. The van der Waals surface area contributed by atoms with Gasteiger partial charge in [0.15, 0.2) is 0 Å². The fourth-order valence-electron chi connectivity index (χ4n) is 3.01. The molecule has 0 saturated heterocycles. The van der Waals surface area contributed by atoms with Crippen LogP contribution < -0.4 is 5.32 Å². The number of rotatable bonds is 6. The van der Waals surface area contributed by atoms with Crippen LogP contribution in [0.25, 0.3) is 10.8 Å². The second kappa shape index (κ2) is 8.30. The van der Waals surface area contributed by atoms with Gasteiger partial charge in [0, 0.05) is 5.56 Å². The van der Waals surface area contributed by atoms with Gasteiger partial charge in [-0.25, -0.2) is 4.79 Å². The van der Waals surface area contributed by atoms with Gasteiger partial charge in [-0.15, -0.1) is 0 Å². The summed E-state index contributed by atoms with van der Waals surface area (Å²) in [7, 11) is 1.34. The standard InChI is InChI=1S/C22H21NO3/c1-26-22(25)20(15-14-16-8-3-2-4-9-16)23-21(24)19-13-7-11-17-10-5-6-12-18(17)19/h2-13,20H,14-15H2,1H3,(H,23,24)/t20-/m1/s1. The van der Waals surface area contributed by atoms with Crippen LogP contribution in [0.3, 0.4) is 0 Å². The summed E-state index contributed by atoms with van der Waals surface area (Å²) in [4.78, 5) is 24.9. The number of amides is 1. The van der Waals surface area contributed by atoms with Gasteiger partial charge in [0.05, 0.1) is 7.11 Å². The Morgan fingerprint density at radius 1 is 0.923 bits per heavy atom. The number of esters is 1. The predicted molar refractivity (Wildman–Crippen MR) is 102 cm³/mol. The minimum Gasteiger partial charge on any atom is -0.467 e. The molecule has 3 rings (SSSR count). The third-order valence-electron chi connectivity index (χ3n) is 4.39. The van der Waals surface area contributed by atoms with Gasteiger partial charge in [0.1, 0.15) is 6.04 Å². The molecule has 3 aromatic carbocycles. The third-order valence-corrected chi connectivity index (χ3v) is 4.39. The summed E-state index contributed by atoms with van der Waals surface area (Å²) < 4.78 is 4.87. The minimum atomic E-state index is -0.688. The van der Waals surface area contributed by atoms with Crippen molar-refractivity contribution in [3.05, 3.63) is 83.9 Å². The normalized spacial score (nSPS) is 11.7. The van der Waals surface area contributed by atoms with Crippen LogP contribution in [0.2, 0.25) is 0 Å². The molecule has 4 heteroatoms. The van der Waals surface area contributed by atoms with Crippen LogP contribution in [0.1, 0.15) is 22.3 Å². The fraction of sp³-hybridized carbons (Fsp3) is 0.182. The maximum atomic E-state index is 12.8. The molecule has 0 aliphatic heterocycles. The number of carbonyl (C=O) groups excluding carboxylic acids is 2.